The summed E-state index contributed by atoms with van der Waals surface area (Å²) < 4.78 is 10.6. The minimum absolute atomic E-state index is 0.130. The summed E-state index contributed by atoms with van der Waals surface area (Å²) in [6.07, 6.45) is 1.57. The first-order valence-electron chi connectivity index (χ1n) is 7.91. The molecule has 0 bridgehead atoms. The van der Waals surface area contributed by atoms with Crippen LogP contribution in [0.25, 0.3) is 0 Å². The monoisotopic (exact) mass is 345 g/mol. The molecule has 0 spiro atoms. The van der Waals surface area contributed by atoms with Gasteiger partial charge in [-0.15, -0.1) is 5.10 Å². The zero-order valence-corrected chi connectivity index (χ0v) is 15.0. The zero-order chi connectivity index (χ0) is 18.2. The standard InChI is InChI=1S/C18H23N3O4/c1-21(25-4)17(22)12-14-11-15(19-20-18(14)24-3)10-9-13-7-5-6-8-16(13)23-2/h5-8,11H,9-10,12H2,1-4H3. The summed E-state index contributed by atoms with van der Waals surface area (Å²) in [5, 5.41) is 9.43. The van der Waals surface area contributed by atoms with Crippen molar-refractivity contribution >= 4 is 5.91 Å². The van der Waals surface area contributed by atoms with Crippen LogP contribution in [0.1, 0.15) is 16.8 Å². The van der Waals surface area contributed by atoms with Crippen molar-refractivity contribution in [2.75, 3.05) is 28.4 Å². The summed E-state index contributed by atoms with van der Waals surface area (Å²) in [6.45, 7) is 0. The van der Waals surface area contributed by atoms with Gasteiger partial charge in [0.2, 0.25) is 11.8 Å². The van der Waals surface area contributed by atoms with Crippen LogP contribution in [-0.2, 0) is 28.9 Å². The first-order valence-corrected chi connectivity index (χ1v) is 7.91. The van der Waals surface area contributed by atoms with Gasteiger partial charge in [0, 0.05) is 12.6 Å². The van der Waals surface area contributed by atoms with Gasteiger partial charge >= 0.3 is 0 Å². The molecule has 0 saturated heterocycles. The van der Waals surface area contributed by atoms with Crippen molar-refractivity contribution in [3.05, 3.63) is 47.2 Å². The number of hydroxylamine groups is 2. The average molecular weight is 345 g/mol. The Bertz CT molecular complexity index is 721. The number of para-hydroxylation sites is 1. The molecule has 1 amide bonds. The van der Waals surface area contributed by atoms with Crippen molar-refractivity contribution < 1.29 is 19.1 Å². The number of likely N-dealkylation sites (N-methyl/N-ethyl adjacent to an activating group) is 1. The van der Waals surface area contributed by atoms with Gasteiger partial charge in [0.25, 0.3) is 0 Å². The van der Waals surface area contributed by atoms with Gasteiger partial charge in [-0.05, 0) is 30.5 Å². The molecule has 7 heteroatoms. The molecule has 0 aliphatic heterocycles. The van der Waals surface area contributed by atoms with Crippen molar-refractivity contribution in [2.24, 2.45) is 0 Å². The summed E-state index contributed by atoms with van der Waals surface area (Å²) in [6, 6.07) is 9.71. The number of aryl methyl sites for hydroxylation is 2. The van der Waals surface area contributed by atoms with Gasteiger partial charge < -0.3 is 9.47 Å². The molecule has 0 aliphatic carbocycles. The second kappa shape index (κ2) is 8.98. The highest BCUT2D eigenvalue weighted by atomic mass is 16.7. The molecule has 25 heavy (non-hydrogen) atoms. The molecule has 1 aromatic heterocycles. The third kappa shape index (κ3) is 4.90. The van der Waals surface area contributed by atoms with Crippen molar-refractivity contribution in [1.29, 1.82) is 0 Å². The fourth-order valence-corrected chi connectivity index (χ4v) is 2.43. The number of hydrogen-bond acceptors (Lipinski definition) is 6. The fourth-order valence-electron chi connectivity index (χ4n) is 2.43. The molecule has 0 N–H and O–H groups in total. The Balaban J connectivity index is 2.14. The SMILES string of the molecule is COc1ccccc1CCc1cc(CC(=O)N(C)OC)c(OC)nn1. The molecule has 0 saturated carbocycles. The summed E-state index contributed by atoms with van der Waals surface area (Å²) in [4.78, 5) is 17.0. The fraction of sp³-hybridized carbons (Fsp3) is 0.389. The molecule has 0 radical (unpaired) electrons. The molecular formula is C18H23N3O4. The Kier molecular flexibility index (Phi) is 6.71. The molecule has 2 aromatic rings. The van der Waals surface area contributed by atoms with Crippen molar-refractivity contribution in [3.63, 3.8) is 0 Å². The number of hydrogen-bond donors (Lipinski definition) is 0. The topological polar surface area (TPSA) is 73.8 Å². The minimum atomic E-state index is -0.190. The van der Waals surface area contributed by atoms with E-state index >= 15 is 0 Å². The van der Waals surface area contributed by atoms with E-state index in [0.29, 0.717) is 17.9 Å². The lowest BCUT2D eigenvalue weighted by molar-refractivity contribution is -0.167. The number of carbonyl (C=O) groups excluding carboxylic acids is 1. The number of rotatable bonds is 8. The van der Waals surface area contributed by atoms with Gasteiger partial charge in [-0.2, -0.15) is 5.10 Å². The van der Waals surface area contributed by atoms with E-state index in [1.54, 1.807) is 14.2 Å². The van der Waals surface area contributed by atoms with E-state index < -0.39 is 0 Å². The molecule has 0 fully saturated rings. The van der Waals surface area contributed by atoms with Gasteiger partial charge in [-0.3, -0.25) is 9.63 Å². The number of methoxy groups -OCH3 is 2. The summed E-state index contributed by atoms with van der Waals surface area (Å²) in [5.41, 5.74) is 2.57. The predicted octanol–water partition coefficient (Wildman–Crippen LogP) is 1.84. The van der Waals surface area contributed by atoms with Crippen LogP contribution in [0, 0.1) is 0 Å². The highest BCUT2D eigenvalue weighted by Gasteiger charge is 2.15. The predicted molar refractivity (Wildman–Crippen MR) is 92.5 cm³/mol. The molecule has 2 rings (SSSR count). The van der Waals surface area contributed by atoms with E-state index in [9.17, 15) is 4.79 Å². The maximum absolute atomic E-state index is 12.1. The van der Waals surface area contributed by atoms with Crippen LogP contribution in [-0.4, -0.2) is 49.5 Å². The van der Waals surface area contributed by atoms with Crippen LogP contribution in [0.3, 0.4) is 0 Å². The number of benzene rings is 1. The van der Waals surface area contributed by atoms with E-state index in [2.05, 4.69) is 10.2 Å². The average Bonchev–Trinajstić information content (AvgIpc) is 2.65. The first-order chi connectivity index (χ1) is 12.1. The number of carbonyl (C=O) groups is 1. The normalized spacial score (nSPS) is 10.4. The van der Waals surface area contributed by atoms with Crippen molar-refractivity contribution in [3.8, 4) is 11.6 Å². The maximum Gasteiger partial charge on any atom is 0.250 e. The number of aromatic nitrogens is 2. The van der Waals surface area contributed by atoms with Gasteiger partial charge in [-0.1, -0.05) is 18.2 Å². The Morgan fingerprint density at radius 1 is 1.04 bits per heavy atom. The van der Waals surface area contributed by atoms with Crippen molar-refractivity contribution in [1.82, 2.24) is 15.3 Å². The summed E-state index contributed by atoms with van der Waals surface area (Å²) >= 11 is 0. The first kappa shape index (κ1) is 18.7. The lowest BCUT2D eigenvalue weighted by Crippen LogP contribution is -2.27. The highest BCUT2D eigenvalue weighted by molar-refractivity contribution is 5.78. The third-order valence-electron chi connectivity index (χ3n) is 3.89. The van der Waals surface area contributed by atoms with E-state index in [0.717, 1.165) is 23.4 Å². The third-order valence-corrected chi connectivity index (χ3v) is 3.89. The molecule has 0 unspecified atom stereocenters. The number of amides is 1. The zero-order valence-electron chi connectivity index (χ0n) is 15.0. The molecule has 0 atom stereocenters. The van der Waals surface area contributed by atoms with Crippen LogP contribution in [0.15, 0.2) is 30.3 Å². The second-order valence-corrected chi connectivity index (χ2v) is 5.43. The Hall–Kier alpha value is -2.67. The molecular weight excluding hydrogens is 322 g/mol. The Morgan fingerprint density at radius 3 is 2.48 bits per heavy atom. The second-order valence-electron chi connectivity index (χ2n) is 5.43. The number of nitrogens with zero attached hydrogens (tertiary/aromatic N) is 3. The largest absolute Gasteiger partial charge is 0.496 e. The van der Waals surface area contributed by atoms with E-state index in [-0.39, 0.29) is 12.3 Å². The molecule has 1 aromatic carbocycles. The van der Waals surface area contributed by atoms with E-state index in [1.807, 2.05) is 30.3 Å². The van der Waals surface area contributed by atoms with E-state index in [4.69, 9.17) is 14.3 Å². The molecule has 134 valence electrons. The summed E-state index contributed by atoms with van der Waals surface area (Å²) in [5.74, 6) is 1.00. The number of ether oxygens (including phenoxy) is 2. The van der Waals surface area contributed by atoms with Crippen molar-refractivity contribution in [2.45, 2.75) is 19.3 Å². The minimum Gasteiger partial charge on any atom is -0.496 e. The van der Waals surface area contributed by atoms with Crippen LogP contribution < -0.4 is 9.47 Å². The van der Waals surface area contributed by atoms with Gasteiger partial charge in [0.15, 0.2) is 0 Å². The molecule has 7 nitrogen and oxygen atoms in total. The van der Waals surface area contributed by atoms with Crippen LogP contribution in [0.2, 0.25) is 0 Å². The Labute approximate surface area is 147 Å². The van der Waals surface area contributed by atoms with Crippen LogP contribution in [0.5, 0.6) is 11.6 Å². The van der Waals surface area contributed by atoms with Gasteiger partial charge in [0.05, 0.1) is 33.4 Å². The quantitative estimate of drug-likeness (QED) is 0.680. The van der Waals surface area contributed by atoms with Crippen LogP contribution >= 0.6 is 0 Å². The highest BCUT2D eigenvalue weighted by Crippen LogP contribution is 2.21. The van der Waals surface area contributed by atoms with Gasteiger partial charge in [0.1, 0.15) is 5.75 Å². The Morgan fingerprint density at radius 2 is 1.80 bits per heavy atom. The lowest BCUT2D eigenvalue weighted by atomic mass is 10.1. The van der Waals surface area contributed by atoms with E-state index in [1.165, 1.54) is 19.3 Å². The smallest absolute Gasteiger partial charge is 0.250 e. The van der Waals surface area contributed by atoms with Crippen LogP contribution in [0.4, 0.5) is 0 Å². The lowest BCUT2D eigenvalue weighted by Gasteiger charge is -2.14. The molecule has 1 heterocycles. The van der Waals surface area contributed by atoms with Gasteiger partial charge in [-0.25, -0.2) is 5.06 Å². The summed E-state index contributed by atoms with van der Waals surface area (Å²) in [7, 11) is 6.17. The molecule has 0 aliphatic rings. The maximum atomic E-state index is 12.1.